The largest absolute Gasteiger partial charge is 0.480 e. The van der Waals surface area contributed by atoms with Crippen LogP contribution >= 0.6 is 0 Å². The molecule has 2 saturated heterocycles. The summed E-state index contributed by atoms with van der Waals surface area (Å²) in [6.07, 6.45) is 3.45. The van der Waals surface area contributed by atoms with Crippen LogP contribution in [-0.2, 0) is 16.1 Å². The molecule has 2 aliphatic heterocycles. The van der Waals surface area contributed by atoms with Crippen LogP contribution in [0.25, 0.3) is 0 Å². The molecule has 1 atom stereocenters. The minimum absolute atomic E-state index is 0.0108. The van der Waals surface area contributed by atoms with Crippen LogP contribution in [0.2, 0.25) is 0 Å². The van der Waals surface area contributed by atoms with Crippen molar-refractivity contribution in [3.8, 4) is 0 Å². The number of amides is 1. The van der Waals surface area contributed by atoms with Gasteiger partial charge in [-0.1, -0.05) is 23.8 Å². The first-order valence-corrected chi connectivity index (χ1v) is 9.60. The van der Waals surface area contributed by atoms with Crippen LogP contribution in [0.4, 0.5) is 0 Å². The number of hydrogen-bond acceptors (Lipinski definition) is 3. The highest BCUT2D eigenvalue weighted by atomic mass is 16.4. The molecule has 1 aromatic carbocycles. The van der Waals surface area contributed by atoms with Crippen LogP contribution in [0.15, 0.2) is 18.2 Å². The van der Waals surface area contributed by atoms with E-state index < -0.39 is 12.0 Å². The van der Waals surface area contributed by atoms with Crippen molar-refractivity contribution < 1.29 is 14.7 Å². The van der Waals surface area contributed by atoms with Gasteiger partial charge in [0.15, 0.2) is 0 Å². The lowest BCUT2D eigenvalue weighted by Crippen LogP contribution is -2.55. The number of likely N-dealkylation sites (tertiary alicyclic amines) is 2. The van der Waals surface area contributed by atoms with Gasteiger partial charge >= 0.3 is 5.97 Å². The molecule has 0 aliphatic carbocycles. The molecule has 2 fully saturated rings. The Morgan fingerprint density at radius 3 is 2.58 bits per heavy atom. The number of aliphatic carboxylic acids is 1. The minimum atomic E-state index is -0.914. The zero-order valence-corrected chi connectivity index (χ0v) is 16.1. The molecule has 1 aromatic rings. The normalized spacial score (nSPS) is 21.8. The fraction of sp³-hybridized carbons (Fsp3) is 0.619. The Hall–Kier alpha value is -1.88. The molecule has 0 bridgehead atoms. The van der Waals surface area contributed by atoms with Gasteiger partial charge in [-0.15, -0.1) is 0 Å². The minimum Gasteiger partial charge on any atom is -0.480 e. The fourth-order valence-corrected chi connectivity index (χ4v) is 4.34. The summed E-state index contributed by atoms with van der Waals surface area (Å²) < 4.78 is 0. The van der Waals surface area contributed by atoms with E-state index in [0.29, 0.717) is 13.0 Å². The summed E-state index contributed by atoms with van der Waals surface area (Å²) in [5.41, 5.74) is 4.11. The van der Waals surface area contributed by atoms with Crippen molar-refractivity contribution in [1.29, 1.82) is 0 Å². The Bertz CT molecular complexity index is 692. The maximum absolute atomic E-state index is 12.2. The van der Waals surface area contributed by atoms with Crippen molar-refractivity contribution in [2.75, 3.05) is 19.6 Å². The molecule has 0 unspecified atom stereocenters. The van der Waals surface area contributed by atoms with Crippen LogP contribution in [0.5, 0.6) is 0 Å². The third-order valence-electron chi connectivity index (χ3n) is 6.34. The highest BCUT2D eigenvalue weighted by molar-refractivity contribution is 5.84. The van der Waals surface area contributed by atoms with Crippen molar-refractivity contribution >= 4 is 11.9 Å². The third kappa shape index (κ3) is 3.93. The molecular weight excluding hydrogens is 328 g/mol. The van der Waals surface area contributed by atoms with Crippen LogP contribution in [0.1, 0.15) is 49.3 Å². The van der Waals surface area contributed by atoms with Gasteiger partial charge in [0.05, 0.1) is 0 Å². The first-order chi connectivity index (χ1) is 12.3. The van der Waals surface area contributed by atoms with E-state index in [1.54, 1.807) is 11.8 Å². The number of hydrogen-bond donors (Lipinski definition) is 1. The Kier molecular flexibility index (Phi) is 5.37. The topological polar surface area (TPSA) is 60.9 Å². The van der Waals surface area contributed by atoms with Crippen molar-refractivity contribution in [3.05, 3.63) is 34.9 Å². The number of carboxylic acids is 1. The predicted octanol–water partition coefficient (Wildman–Crippen LogP) is 2.98. The van der Waals surface area contributed by atoms with Crippen LogP contribution in [-0.4, -0.2) is 52.5 Å². The lowest BCUT2D eigenvalue weighted by Gasteiger charge is -2.48. The summed E-state index contributed by atoms with van der Waals surface area (Å²) in [5, 5.41) is 9.29. The van der Waals surface area contributed by atoms with Crippen molar-refractivity contribution in [3.63, 3.8) is 0 Å². The molecule has 142 valence electrons. The molecule has 26 heavy (non-hydrogen) atoms. The van der Waals surface area contributed by atoms with Gasteiger partial charge in [0.2, 0.25) is 5.91 Å². The van der Waals surface area contributed by atoms with E-state index in [0.717, 1.165) is 38.9 Å². The Morgan fingerprint density at radius 1 is 1.23 bits per heavy atom. The first kappa shape index (κ1) is 18.9. The number of piperidine rings is 2. The average Bonchev–Trinajstić information content (AvgIpc) is 2.62. The zero-order chi connectivity index (χ0) is 18.9. The second kappa shape index (κ2) is 7.39. The van der Waals surface area contributed by atoms with E-state index >= 15 is 0 Å². The van der Waals surface area contributed by atoms with Gasteiger partial charge in [-0.05, 0) is 69.7 Å². The van der Waals surface area contributed by atoms with Gasteiger partial charge < -0.3 is 10.0 Å². The average molecular weight is 358 g/mol. The molecule has 5 nitrogen and oxygen atoms in total. The van der Waals surface area contributed by atoms with E-state index in [9.17, 15) is 14.7 Å². The van der Waals surface area contributed by atoms with Crippen molar-refractivity contribution in [2.45, 2.75) is 59.0 Å². The van der Waals surface area contributed by atoms with E-state index in [4.69, 9.17) is 0 Å². The number of benzene rings is 1. The van der Waals surface area contributed by atoms with E-state index in [2.05, 4.69) is 36.9 Å². The monoisotopic (exact) mass is 358 g/mol. The predicted molar refractivity (Wildman–Crippen MR) is 101 cm³/mol. The third-order valence-corrected chi connectivity index (χ3v) is 6.34. The number of carbonyl (C=O) groups is 2. The van der Waals surface area contributed by atoms with Gasteiger partial charge in [0.1, 0.15) is 6.04 Å². The molecular formula is C21H30N2O3. The molecule has 0 aromatic heterocycles. The molecule has 2 heterocycles. The van der Waals surface area contributed by atoms with Crippen LogP contribution in [0.3, 0.4) is 0 Å². The molecule has 1 amide bonds. The summed E-state index contributed by atoms with van der Waals surface area (Å²) in [6, 6.07) is 5.89. The molecule has 2 aliphatic rings. The number of aryl methyl sites for hydroxylation is 2. The number of carboxylic acid groups (broad SMARTS) is 1. The quantitative estimate of drug-likeness (QED) is 0.899. The second-order valence-corrected chi connectivity index (χ2v) is 8.24. The van der Waals surface area contributed by atoms with Crippen molar-refractivity contribution in [1.82, 2.24) is 9.80 Å². The number of nitrogens with zero attached hydrogens (tertiary/aromatic N) is 2. The maximum atomic E-state index is 12.2. The second-order valence-electron chi connectivity index (χ2n) is 8.24. The SMILES string of the molecule is Cc1ccc(C)c(CN2CCC3(CCC(=O)N([C@@H](C)C(=O)O)C3)CC2)c1. The van der Waals surface area contributed by atoms with Gasteiger partial charge in [0, 0.05) is 19.5 Å². The highest BCUT2D eigenvalue weighted by Gasteiger charge is 2.43. The molecule has 3 rings (SSSR count). The zero-order valence-electron chi connectivity index (χ0n) is 16.1. The summed E-state index contributed by atoms with van der Waals surface area (Å²) in [6.45, 7) is 9.50. The molecule has 1 spiro atoms. The van der Waals surface area contributed by atoms with Crippen LogP contribution in [0, 0.1) is 19.3 Å². The van der Waals surface area contributed by atoms with Gasteiger partial charge in [-0.3, -0.25) is 9.69 Å². The summed E-state index contributed by atoms with van der Waals surface area (Å²) in [4.78, 5) is 27.6. The van der Waals surface area contributed by atoms with Gasteiger partial charge in [0.25, 0.3) is 0 Å². The lowest BCUT2D eigenvalue weighted by molar-refractivity contribution is -0.155. The highest BCUT2D eigenvalue weighted by Crippen LogP contribution is 2.41. The molecule has 0 saturated carbocycles. The van der Waals surface area contributed by atoms with Gasteiger partial charge in [-0.2, -0.15) is 0 Å². The van der Waals surface area contributed by atoms with Crippen LogP contribution < -0.4 is 0 Å². The molecule has 1 N–H and O–H groups in total. The summed E-state index contributed by atoms with van der Waals surface area (Å²) in [7, 11) is 0. The molecule has 0 radical (unpaired) electrons. The lowest BCUT2D eigenvalue weighted by atomic mass is 9.72. The number of carbonyl (C=O) groups excluding carboxylic acids is 1. The fourth-order valence-electron chi connectivity index (χ4n) is 4.34. The summed E-state index contributed by atoms with van der Waals surface area (Å²) >= 11 is 0. The molecule has 5 heteroatoms. The van der Waals surface area contributed by atoms with E-state index in [-0.39, 0.29) is 11.3 Å². The Balaban J connectivity index is 1.63. The number of rotatable bonds is 4. The standard InChI is InChI=1S/C21H30N2O3/c1-15-4-5-16(2)18(12-15)13-22-10-8-21(9-11-22)7-6-19(24)23(14-21)17(3)20(25)26/h4-5,12,17H,6-11,13-14H2,1-3H3,(H,25,26)/t17-/m0/s1. The smallest absolute Gasteiger partial charge is 0.326 e. The maximum Gasteiger partial charge on any atom is 0.326 e. The van der Waals surface area contributed by atoms with Crippen molar-refractivity contribution in [2.24, 2.45) is 5.41 Å². The Labute approximate surface area is 156 Å². The van der Waals surface area contributed by atoms with Gasteiger partial charge in [-0.25, -0.2) is 4.79 Å². The first-order valence-electron chi connectivity index (χ1n) is 9.60. The van der Waals surface area contributed by atoms with E-state index in [1.807, 2.05) is 0 Å². The van der Waals surface area contributed by atoms with E-state index in [1.165, 1.54) is 16.7 Å². The summed E-state index contributed by atoms with van der Waals surface area (Å²) in [5.74, 6) is -0.925. The Morgan fingerprint density at radius 2 is 1.92 bits per heavy atom.